The van der Waals surface area contributed by atoms with Crippen molar-refractivity contribution in [2.45, 2.75) is 6.92 Å². The monoisotopic (exact) mass is 403 g/mol. The second-order valence-corrected chi connectivity index (χ2v) is 5.87. The lowest BCUT2D eigenvalue weighted by Crippen LogP contribution is -2.15. The number of amides is 1. The van der Waals surface area contributed by atoms with Gasteiger partial charge in [0.2, 0.25) is 0 Å². The Morgan fingerprint density at radius 3 is 2.35 bits per heavy atom. The van der Waals surface area contributed by atoms with Crippen molar-refractivity contribution in [1.82, 2.24) is 0 Å². The second kappa shape index (κ2) is 6.01. The van der Waals surface area contributed by atoms with Gasteiger partial charge in [-0.3, -0.25) is 4.79 Å². The molecule has 0 saturated carbocycles. The van der Waals surface area contributed by atoms with E-state index in [2.05, 4.69) is 37.2 Å². The first kappa shape index (κ1) is 15.1. The molecule has 2 aromatic carbocycles. The lowest BCUT2D eigenvalue weighted by molar-refractivity contribution is 0.102. The van der Waals surface area contributed by atoms with Gasteiger partial charge >= 0.3 is 0 Å². The molecule has 0 aromatic heterocycles. The van der Waals surface area contributed by atoms with Crippen LogP contribution in [0.3, 0.4) is 0 Å². The van der Waals surface area contributed by atoms with Crippen LogP contribution in [0.5, 0.6) is 0 Å². The fraction of sp³-hybridized carbons (Fsp3) is 0.0714. The molecule has 0 spiro atoms. The molecule has 0 bridgehead atoms. The first-order valence-electron chi connectivity index (χ1n) is 5.61. The van der Waals surface area contributed by atoms with Crippen LogP contribution in [-0.2, 0) is 0 Å². The van der Waals surface area contributed by atoms with Gasteiger partial charge in [-0.1, -0.05) is 6.07 Å². The Morgan fingerprint density at radius 2 is 1.75 bits per heavy atom. The van der Waals surface area contributed by atoms with Crippen LogP contribution in [-0.4, -0.2) is 5.91 Å². The van der Waals surface area contributed by atoms with Crippen molar-refractivity contribution in [1.29, 1.82) is 0 Å². The van der Waals surface area contributed by atoms with E-state index in [1.807, 2.05) is 19.1 Å². The summed E-state index contributed by atoms with van der Waals surface area (Å²) < 4.78 is 28.0. The zero-order chi connectivity index (χ0) is 14.9. The highest BCUT2D eigenvalue weighted by molar-refractivity contribution is 9.11. The van der Waals surface area contributed by atoms with E-state index in [4.69, 9.17) is 0 Å². The minimum absolute atomic E-state index is 0.343. The van der Waals surface area contributed by atoms with E-state index in [-0.39, 0.29) is 5.56 Å². The van der Waals surface area contributed by atoms with Crippen LogP contribution < -0.4 is 5.32 Å². The Morgan fingerprint density at radius 1 is 1.15 bits per heavy atom. The predicted molar refractivity (Wildman–Crippen MR) is 80.9 cm³/mol. The maximum absolute atomic E-state index is 13.6. The number of carbonyl (C=O) groups excluding carboxylic acids is 1. The minimum Gasteiger partial charge on any atom is -0.320 e. The first-order chi connectivity index (χ1) is 9.40. The SMILES string of the molecule is Cc1cc(Br)c(NC(=O)c2cccc(F)c2F)c(Br)c1. The molecule has 0 fully saturated rings. The lowest BCUT2D eigenvalue weighted by Gasteiger charge is -2.11. The average molecular weight is 405 g/mol. The summed E-state index contributed by atoms with van der Waals surface area (Å²) in [4.78, 5) is 12.0. The number of rotatable bonds is 2. The largest absolute Gasteiger partial charge is 0.320 e. The molecule has 104 valence electrons. The summed E-state index contributed by atoms with van der Waals surface area (Å²) in [5.74, 6) is -2.93. The van der Waals surface area contributed by atoms with Gasteiger partial charge in [0.05, 0.1) is 11.3 Å². The molecule has 0 aliphatic heterocycles. The number of halogens is 4. The maximum Gasteiger partial charge on any atom is 0.258 e. The quantitative estimate of drug-likeness (QED) is 0.745. The highest BCUT2D eigenvalue weighted by Crippen LogP contribution is 2.32. The topological polar surface area (TPSA) is 29.1 Å². The van der Waals surface area contributed by atoms with Crippen LogP contribution >= 0.6 is 31.9 Å². The Labute approximate surface area is 131 Å². The molecule has 6 heteroatoms. The van der Waals surface area contributed by atoms with Crippen LogP contribution in [0.1, 0.15) is 15.9 Å². The van der Waals surface area contributed by atoms with E-state index in [1.54, 1.807) is 0 Å². The average Bonchev–Trinajstić information content (AvgIpc) is 2.36. The Bertz CT molecular complexity index is 666. The zero-order valence-electron chi connectivity index (χ0n) is 10.3. The van der Waals surface area contributed by atoms with Crippen molar-refractivity contribution in [2.75, 3.05) is 5.32 Å². The summed E-state index contributed by atoms with van der Waals surface area (Å²) in [6, 6.07) is 7.09. The number of benzene rings is 2. The highest BCUT2D eigenvalue weighted by Gasteiger charge is 2.17. The number of anilines is 1. The molecule has 0 radical (unpaired) electrons. The molecule has 0 aliphatic rings. The summed E-state index contributed by atoms with van der Waals surface area (Å²) in [5, 5.41) is 2.55. The summed E-state index contributed by atoms with van der Waals surface area (Å²) in [7, 11) is 0. The summed E-state index contributed by atoms with van der Waals surface area (Å²) >= 11 is 6.64. The van der Waals surface area contributed by atoms with Crippen molar-refractivity contribution in [3.63, 3.8) is 0 Å². The highest BCUT2D eigenvalue weighted by atomic mass is 79.9. The van der Waals surface area contributed by atoms with Gasteiger partial charge in [0.15, 0.2) is 11.6 Å². The third-order valence-electron chi connectivity index (χ3n) is 2.62. The van der Waals surface area contributed by atoms with Gasteiger partial charge in [-0.25, -0.2) is 8.78 Å². The Balaban J connectivity index is 2.36. The number of nitrogens with one attached hydrogen (secondary N) is 1. The number of carbonyl (C=O) groups is 1. The van der Waals surface area contributed by atoms with Crippen LogP contribution in [0.4, 0.5) is 14.5 Å². The van der Waals surface area contributed by atoms with Crippen LogP contribution in [0, 0.1) is 18.6 Å². The molecule has 0 atom stereocenters. The fourth-order valence-electron chi connectivity index (χ4n) is 1.68. The number of hydrogen-bond acceptors (Lipinski definition) is 1. The molecule has 2 rings (SSSR count). The van der Waals surface area contributed by atoms with E-state index in [0.717, 1.165) is 11.6 Å². The normalized spacial score (nSPS) is 10.4. The molecule has 0 saturated heterocycles. The van der Waals surface area contributed by atoms with Crippen molar-refractivity contribution in [3.05, 3.63) is 62.0 Å². The van der Waals surface area contributed by atoms with Crippen molar-refractivity contribution >= 4 is 43.5 Å². The Hall–Kier alpha value is -1.27. The van der Waals surface area contributed by atoms with Crippen molar-refractivity contribution in [3.8, 4) is 0 Å². The van der Waals surface area contributed by atoms with E-state index in [9.17, 15) is 13.6 Å². The molecule has 20 heavy (non-hydrogen) atoms. The molecule has 1 N–H and O–H groups in total. The van der Waals surface area contributed by atoms with Crippen LogP contribution in [0.15, 0.2) is 39.3 Å². The van der Waals surface area contributed by atoms with E-state index < -0.39 is 17.5 Å². The smallest absolute Gasteiger partial charge is 0.258 e. The second-order valence-electron chi connectivity index (χ2n) is 4.16. The van der Waals surface area contributed by atoms with E-state index >= 15 is 0 Å². The Kier molecular flexibility index (Phi) is 4.55. The molecule has 2 aromatic rings. The standard InChI is InChI=1S/C14H9Br2F2NO/c1-7-5-9(15)13(10(16)6-7)19-14(20)8-3-2-4-11(17)12(8)18/h2-6H,1H3,(H,19,20). The molecule has 0 unspecified atom stereocenters. The van der Waals surface area contributed by atoms with Crippen molar-refractivity contribution < 1.29 is 13.6 Å². The summed E-state index contributed by atoms with van der Waals surface area (Å²) in [6.45, 7) is 1.90. The predicted octanol–water partition coefficient (Wildman–Crippen LogP) is 5.05. The third kappa shape index (κ3) is 3.07. The molecule has 1 amide bonds. The first-order valence-corrected chi connectivity index (χ1v) is 7.19. The van der Waals surface area contributed by atoms with Gasteiger partial charge < -0.3 is 5.32 Å². The molecule has 0 heterocycles. The third-order valence-corrected chi connectivity index (χ3v) is 3.87. The van der Waals surface area contributed by atoms with Gasteiger partial charge in [0.25, 0.3) is 5.91 Å². The number of aryl methyl sites for hydroxylation is 1. The van der Waals surface area contributed by atoms with Crippen LogP contribution in [0.2, 0.25) is 0 Å². The lowest BCUT2D eigenvalue weighted by atomic mass is 10.1. The minimum atomic E-state index is -1.16. The number of hydrogen-bond donors (Lipinski definition) is 1. The molecular formula is C14H9Br2F2NO. The van der Waals surface area contributed by atoms with E-state index in [1.165, 1.54) is 12.1 Å². The van der Waals surface area contributed by atoms with Gasteiger partial charge in [-0.05, 0) is 68.6 Å². The van der Waals surface area contributed by atoms with Crippen molar-refractivity contribution in [2.24, 2.45) is 0 Å². The molecule has 2 nitrogen and oxygen atoms in total. The fourth-order valence-corrected chi connectivity index (χ4v) is 3.29. The summed E-state index contributed by atoms with van der Waals surface area (Å²) in [6.07, 6.45) is 0. The zero-order valence-corrected chi connectivity index (χ0v) is 13.5. The van der Waals surface area contributed by atoms with Gasteiger partial charge in [-0.15, -0.1) is 0 Å². The van der Waals surface area contributed by atoms with Gasteiger partial charge in [-0.2, -0.15) is 0 Å². The van der Waals surface area contributed by atoms with Crippen LogP contribution in [0.25, 0.3) is 0 Å². The molecule has 0 aliphatic carbocycles. The van der Waals surface area contributed by atoms with Gasteiger partial charge in [0, 0.05) is 8.95 Å². The maximum atomic E-state index is 13.6. The van der Waals surface area contributed by atoms with Gasteiger partial charge in [0.1, 0.15) is 0 Å². The summed E-state index contributed by atoms with van der Waals surface area (Å²) in [5.41, 5.74) is 1.10. The van der Waals surface area contributed by atoms with E-state index in [0.29, 0.717) is 14.6 Å². The molecular weight excluding hydrogens is 396 g/mol.